The van der Waals surface area contributed by atoms with E-state index in [0.717, 1.165) is 5.39 Å². The summed E-state index contributed by atoms with van der Waals surface area (Å²) < 4.78 is 41.9. The molecule has 4 aromatic heterocycles. The van der Waals surface area contributed by atoms with E-state index in [9.17, 15) is 13.2 Å². The second kappa shape index (κ2) is 11.5. The first-order chi connectivity index (χ1) is 20.6. The van der Waals surface area contributed by atoms with Crippen LogP contribution in [0, 0.1) is 6.92 Å². The maximum atomic E-state index is 13.5. The van der Waals surface area contributed by atoms with Crippen LogP contribution in [0.5, 0.6) is 11.8 Å². The molecular formula is C27H24Cl2N8O5S. The van der Waals surface area contributed by atoms with E-state index in [0.29, 0.717) is 40.7 Å². The molecule has 0 radical (unpaired) electrons. The highest BCUT2D eigenvalue weighted by Gasteiger charge is 2.26. The van der Waals surface area contributed by atoms with Crippen molar-refractivity contribution in [3.63, 3.8) is 0 Å². The Labute approximate surface area is 255 Å². The molecule has 6 rings (SSSR count). The molecule has 43 heavy (non-hydrogen) atoms. The molecule has 1 aliphatic heterocycles. The average molecular weight is 644 g/mol. The van der Waals surface area contributed by atoms with Gasteiger partial charge in [-0.05, 0) is 48.9 Å². The van der Waals surface area contributed by atoms with Gasteiger partial charge in [0, 0.05) is 36.3 Å². The van der Waals surface area contributed by atoms with Crippen molar-refractivity contribution in [2.75, 3.05) is 36.8 Å². The van der Waals surface area contributed by atoms with Crippen molar-refractivity contribution in [3.05, 3.63) is 81.9 Å². The number of fused-ring (bicyclic) bond motifs is 1. The third-order valence-corrected chi connectivity index (χ3v) is 8.86. The molecule has 4 N–H and O–H groups in total. The predicted octanol–water partition coefficient (Wildman–Crippen LogP) is 4.35. The van der Waals surface area contributed by atoms with Gasteiger partial charge in [0.05, 0.1) is 36.4 Å². The molecule has 0 aliphatic carbocycles. The van der Waals surface area contributed by atoms with Gasteiger partial charge in [0.2, 0.25) is 17.5 Å². The Morgan fingerprint density at radius 1 is 1.16 bits per heavy atom. The molecule has 1 aromatic carbocycles. The number of ether oxygens (including phenoxy) is 2. The lowest BCUT2D eigenvalue weighted by atomic mass is 10.1. The summed E-state index contributed by atoms with van der Waals surface area (Å²) in [4.78, 5) is 24.8. The first-order valence-electron chi connectivity index (χ1n) is 12.9. The van der Waals surface area contributed by atoms with Gasteiger partial charge in [-0.25, -0.2) is 9.67 Å². The standard InChI is InChI=1S/C27H24Cl2N8O5S/c1-15-11-16-12-21(33-20(16)13-19(15)35-43(39,40)36-7-9-41-10-8-36)24(38)17-14-32-37(26(17)30)22-4-5-23(34-25(22)29)42-27-18(28)3-2-6-31-27/h2-6,11-14,33,35H,7-10,30H2,1H3. The van der Waals surface area contributed by atoms with E-state index in [1.54, 1.807) is 49.4 Å². The summed E-state index contributed by atoms with van der Waals surface area (Å²) in [5.74, 6) is -0.0516. The highest BCUT2D eigenvalue weighted by Crippen LogP contribution is 2.31. The quantitative estimate of drug-likeness (QED) is 0.164. The van der Waals surface area contributed by atoms with Gasteiger partial charge in [-0.15, -0.1) is 0 Å². The Hall–Kier alpha value is -4.21. The molecular weight excluding hydrogens is 619 g/mol. The first-order valence-corrected chi connectivity index (χ1v) is 15.1. The fourth-order valence-electron chi connectivity index (χ4n) is 4.56. The fraction of sp³-hybridized carbons (Fsp3) is 0.185. The number of pyridine rings is 2. The number of halogens is 2. The van der Waals surface area contributed by atoms with Gasteiger partial charge in [0.25, 0.3) is 0 Å². The largest absolute Gasteiger partial charge is 0.419 e. The molecule has 222 valence electrons. The second-order valence-electron chi connectivity index (χ2n) is 9.59. The maximum absolute atomic E-state index is 13.5. The number of aromatic amines is 1. The summed E-state index contributed by atoms with van der Waals surface area (Å²) in [5, 5.41) is 5.30. The summed E-state index contributed by atoms with van der Waals surface area (Å²) >= 11 is 12.5. The van der Waals surface area contributed by atoms with Crippen molar-refractivity contribution in [3.8, 4) is 17.4 Å². The van der Waals surface area contributed by atoms with Crippen LogP contribution in [0.1, 0.15) is 21.6 Å². The van der Waals surface area contributed by atoms with Gasteiger partial charge < -0.3 is 20.2 Å². The molecule has 0 unspecified atom stereocenters. The number of aryl methyl sites for hydroxylation is 1. The Morgan fingerprint density at radius 3 is 2.70 bits per heavy atom. The van der Waals surface area contributed by atoms with E-state index >= 15 is 0 Å². The van der Waals surface area contributed by atoms with Crippen molar-refractivity contribution in [1.82, 2.24) is 29.0 Å². The van der Waals surface area contributed by atoms with E-state index in [1.807, 2.05) is 0 Å². The Kier molecular flexibility index (Phi) is 7.70. The summed E-state index contributed by atoms with van der Waals surface area (Å²) in [7, 11) is -3.77. The molecule has 1 fully saturated rings. The smallest absolute Gasteiger partial charge is 0.301 e. The third kappa shape index (κ3) is 5.75. The van der Waals surface area contributed by atoms with Crippen LogP contribution in [0.3, 0.4) is 0 Å². The minimum absolute atomic E-state index is 0.0199. The Bertz CT molecular complexity index is 1970. The number of carbonyl (C=O) groups excluding carboxylic acids is 1. The van der Waals surface area contributed by atoms with Crippen LogP contribution in [0.2, 0.25) is 10.2 Å². The molecule has 0 bridgehead atoms. The van der Waals surface area contributed by atoms with Crippen LogP contribution in [-0.2, 0) is 14.9 Å². The molecule has 16 heteroatoms. The number of hydrogen-bond donors (Lipinski definition) is 3. The van der Waals surface area contributed by atoms with Crippen molar-refractivity contribution in [1.29, 1.82) is 0 Å². The summed E-state index contributed by atoms with van der Waals surface area (Å²) in [6.07, 6.45) is 2.87. The highest BCUT2D eigenvalue weighted by molar-refractivity contribution is 7.90. The zero-order valence-corrected chi connectivity index (χ0v) is 24.9. The number of nitrogen functional groups attached to an aromatic ring is 1. The molecule has 5 heterocycles. The lowest BCUT2D eigenvalue weighted by molar-refractivity contribution is 0.0733. The minimum atomic E-state index is -3.77. The average Bonchev–Trinajstić information content (AvgIpc) is 3.57. The molecule has 0 saturated carbocycles. The second-order valence-corrected chi connectivity index (χ2v) is 12.0. The lowest BCUT2D eigenvalue weighted by Crippen LogP contribution is -2.43. The first kappa shape index (κ1) is 28.9. The number of H-pyrrole nitrogens is 1. The van der Waals surface area contributed by atoms with Crippen molar-refractivity contribution >= 4 is 61.6 Å². The number of morpholine rings is 1. The van der Waals surface area contributed by atoms with E-state index in [1.165, 1.54) is 21.4 Å². The summed E-state index contributed by atoms with van der Waals surface area (Å²) in [6, 6.07) is 11.5. The topological polar surface area (TPSA) is 170 Å². The number of nitrogens with two attached hydrogens (primary N) is 1. The highest BCUT2D eigenvalue weighted by atomic mass is 35.5. The van der Waals surface area contributed by atoms with E-state index < -0.39 is 16.0 Å². The number of rotatable bonds is 8. The van der Waals surface area contributed by atoms with E-state index in [-0.39, 0.29) is 47.1 Å². The van der Waals surface area contributed by atoms with E-state index in [4.69, 9.17) is 38.4 Å². The maximum Gasteiger partial charge on any atom is 0.301 e. The number of benzene rings is 1. The summed E-state index contributed by atoms with van der Waals surface area (Å²) in [5.41, 5.74) is 8.69. The van der Waals surface area contributed by atoms with Crippen LogP contribution >= 0.6 is 23.2 Å². The van der Waals surface area contributed by atoms with Gasteiger partial charge in [-0.3, -0.25) is 9.52 Å². The van der Waals surface area contributed by atoms with Gasteiger partial charge in [-0.2, -0.15) is 22.8 Å². The number of carbonyl (C=O) groups is 1. The SMILES string of the molecule is Cc1cc2cc(C(=O)c3cnn(-c4ccc(Oc5ncccc5Cl)nc4Cl)c3N)[nH]c2cc1NS(=O)(=O)N1CCOCC1. The molecule has 5 aromatic rings. The normalized spacial score (nSPS) is 14.2. The molecule has 13 nitrogen and oxygen atoms in total. The number of nitrogens with zero attached hydrogens (tertiary/aromatic N) is 5. The lowest BCUT2D eigenvalue weighted by Gasteiger charge is -2.26. The Balaban J connectivity index is 1.24. The Morgan fingerprint density at radius 2 is 1.95 bits per heavy atom. The van der Waals surface area contributed by atoms with Crippen LogP contribution in [-0.4, -0.2) is 69.5 Å². The monoisotopic (exact) mass is 642 g/mol. The van der Waals surface area contributed by atoms with Gasteiger partial charge >= 0.3 is 10.2 Å². The number of hydrogen-bond acceptors (Lipinski definition) is 9. The molecule has 0 atom stereocenters. The van der Waals surface area contributed by atoms with Crippen LogP contribution < -0.4 is 15.2 Å². The fourth-order valence-corrected chi connectivity index (χ4v) is 6.20. The van der Waals surface area contributed by atoms with Crippen LogP contribution in [0.4, 0.5) is 11.5 Å². The number of anilines is 2. The zero-order chi connectivity index (χ0) is 30.3. The van der Waals surface area contributed by atoms with Gasteiger partial charge in [-0.1, -0.05) is 23.2 Å². The van der Waals surface area contributed by atoms with Crippen molar-refractivity contribution < 1.29 is 22.7 Å². The van der Waals surface area contributed by atoms with E-state index in [2.05, 4.69) is 24.8 Å². The number of ketones is 1. The number of aromatic nitrogens is 5. The van der Waals surface area contributed by atoms with Crippen molar-refractivity contribution in [2.24, 2.45) is 0 Å². The van der Waals surface area contributed by atoms with Gasteiger partial charge in [0.1, 0.15) is 16.5 Å². The molecule has 1 aliphatic rings. The molecule has 0 amide bonds. The van der Waals surface area contributed by atoms with Crippen LogP contribution in [0.25, 0.3) is 16.6 Å². The van der Waals surface area contributed by atoms with Crippen LogP contribution in [0.15, 0.2) is 54.9 Å². The third-order valence-electron chi connectivity index (χ3n) is 6.77. The van der Waals surface area contributed by atoms with Gasteiger partial charge in [0.15, 0.2) is 5.15 Å². The zero-order valence-electron chi connectivity index (χ0n) is 22.5. The predicted molar refractivity (Wildman–Crippen MR) is 162 cm³/mol. The van der Waals surface area contributed by atoms with Crippen molar-refractivity contribution in [2.45, 2.75) is 6.92 Å². The molecule has 0 spiro atoms. The summed E-state index contributed by atoms with van der Waals surface area (Å²) in [6.45, 7) is 3.00. The minimum Gasteiger partial charge on any atom is -0.419 e. The number of nitrogens with one attached hydrogen (secondary N) is 2. The molecule has 1 saturated heterocycles.